The summed E-state index contributed by atoms with van der Waals surface area (Å²) in [6, 6.07) is 0. The lowest BCUT2D eigenvalue weighted by molar-refractivity contribution is -0.883. The summed E-state index contributed by atoms with van der Waals surface area (Å²) >= 11 is 0. The summed E-state index contributed by atoms with van der Waals surface area (Å²) in [7, 11) is 3.99. The molecule has 0 saturated heterocycles. The SMILES string of the molecule is C#CC[N+](C)(C)CCO. The highest BCUT2D eigenvalue weighted by Crippen LogP contribution is 1.92. The van der Waals surface area contributed by atoms with Crippen LogP contribution in [0.25, 0.3) is 0 Å². The Bertz CT molecular complexity index is 113. The van der Waals surface area contributed by atoms with Crippen LogP contribution in [0.3, 0.4) is 0 Å². The molecule has 0 spiro atoms. The smallest absolute Gasteiger partial charge is 0.140 e. The summed E-state index contributed by atoms with van der Waals surface area (Å²) in [5.41, 5.74) is 0. The van der Waals surface area contributed by atoms with Crippen LogP contribution in [0.15, 0.2) is 0 Å². The predicted octanol–water partition coefficient (Wildman–Crippen LogP) is -0.312. The first-order chi connectivity index (χ1) is 4.12. The lowest BCUT2D eigenvalue weighted by Gasteiger charge is -2.25. The van der Waals surface area contributed by atoms with Gasteiger partial charge >= 0.3 is 0 Å². The number of aliphatic hydroxyl groups is 1. The number of nitrogens with zero attached hydrogens (tertiary/aromatic N) is 1. The standard InChI is InChI=1S/C7H14NO/c1-4-5-8(2,3)6-7-9/h1,9H,5-7H2,2-3H3/q+1. The van der Waals surface area contributed by atoms with Crippen LogP contribution in [0, 0.1) is 12.3 Å². The number of hydrogen-bond acceptors (Lipinski definition) is 1. The summed E-state index contributed by atoms with van der Waals surface area (Å²) in [6.45, 7) is 1.61. The Kier molecular flexibility index (Phi) is 3.29. The summed E-state index contributed by atoms with van der Waals surface area (Å²) in [4.78, 5) is 0. The van der Waals surface area contributed by atoms with Crippen LogP contribution in [0.2, 0.25) is 0 Å². The Morgan fingerprint density at radius 2 is 2.11 bits per heavy atom. The molecular formula is C7H14NO+. The number of hydrogen-bond donors (Lipinski definition) is 1. The van der Waals surface area contributed by atoms with Crippen LogP contribution in [-0.2, 0) is 0 Å². The zero-order valence-corrected chi connectivity index (χ0v) is 6.09. The van der Waals surface area contributed by atoms with Crippen molar-refractivity contribution in [2.75, 3.05) is 33.8 Å². The van der Waals surface area contributed by atoms with Gasteiger partial charge < -0.3 is 9.59 Å². The van der Waals surface area contributed by atoms with Gasteiger partial charge in [0.25, 0.3) is 0 Å². The van der Waals surface area contributed by atoms with Crippen LogP contribution in [-0.4, -0.2) is 43.4 Å². The van der Waals surface area contributed by atoms with Gasteiger partial charge in [0, 0.05) is 0 Å². The van der Waals surface area contributed by atoms with E-state index in [1.165, 1.54) is 0 Å². The van der Waals surface area contributed by atoms with Crippen LogP contribution in [0.1, 0.15) is 0 Å². The van der Waals surface area contributed by atoms with Crippen molar-refractivity contribution < 1.29 is 9.59 Å². The Hall–Kier alpha value is -0.520. The molecule has 1 N–H and O–H groups in total. The number of quaternary nitrogens is 1. The molecule has 0 heterocycles. The maximum atomic E-state index is 8.54. The van der Waals surface area contributed by atoms with E-state index in [-0.39, 0.29) is 6.61 Å². The Morgan fingerprint density at radius 3 is 2.44 bits per heavy atom. The molecule has 0 radical (unpaired) electrons. The molecule has 0 aromatic rings. The Balaban J connectivity index is 3.59. The first-order valence-electron chi connectivity index (χ1n) is 2.99. The number of likely N-dealkylation sites (N-methyl/N-ethyl adjacent to an activating group) is 1. The van der Waals surface area contributed by atoms with Crippen molar-refractivity contribution in [3.8, 4) is 12.3 Å². The first kappa shape index (κ1) is 8.48. The Labute approximate surface area is 56.7 Å². The van der Waals surface area contributed by atoms with Gasteiger partial charge in [-0.25, -0.2) is 0 Å². The van der Waals surface area contributed by atoms with Gasteiger partial charge in [-0.05, 0) is 5.92 Å². The van der Waals surface area contributed by atoms with Gasteiger partial charge in [-0.15, -0.1) is 6.42 Å². The molecule has 0 unspecified atom stereocenters. The molecule has 0 bridgehead atoms. The fourth-order valence-electron chi connectivity index (χ4n) is 0.597. The number of terminal acetylenes is 1. The van der Waals surface area contributed by atoms with Gasteiger partial charge in [0.15, 0.2) is 0 Å². The van der Waals surface area contributed by atoms with E-state index < -0.39 is 0 Å². The maximum Gasteiger partial charge on any atom is 0.140 e. The molecule has 0 atom stereocenters. The van der Waals surface area contributed by atoms with E-state index in [4.69, 9.17) is 11.5 Å². The van der Waals surface area contributed by atoms with Crippen molar-refractivity contribution in [3.05, 3.63) is 0 Å². The van der Waals surface area contributed by atoms with Crippen LogP contribution >= 0.6 is 0 Å². The molecule has 0 aromatic heterocycles. The van der Waals surface area contributed by atoms with Crippen molar-refractivity contribution in [2.24, 2.45) is 0 Å². The molecule has 52 valence electrons. The van der Waals surface area contributed by atoms with Crippen molar-refractivity contribution >= 4 is 0 Å². The van der Waals surface area contributed by atoms with Gasteiger partial charge in [0.05, 0.1) is 20.7 Å². The normalized spacial score (nSPS) is 10.9. The molecule has 0 aromatic carbocycles. The molecule has 0 amide bonds. The minimum Gasteiger partial charge on any atom is -0.391 e. The van der Waals surface area contributed by atoms with E-state index in [0.29, 0.717) is 11.0 Å². The van der Waals surface area contributed by atoms with Gasteiger partial charge in [-0.3, -0.25) is 0 Å². The average molecular weight is 128 g/mol. The first-order valence-corrected chi connectivity index (χ1v) is 2.99. The summed E-state index contributed by atoms with van der Waals surface area (Å²) in [6.07, 6.45) is 5.10. The van der Waals surface area contributed by atoms with Crippen molar-refractivity contribution in [3.63, 3.8) is 0 Å². The highest BCUT2D eigenvalue weighted by atomic mass is 16.3. The molecule has 2 nitrogen and oxygen atoms in total. The maximum absolute atomic E-state index is 8.54. The van der Waals surface area contributed by atoms with E-state index >= 15 is 0 Å². The quantitative estimate of drug-likeness (QED) is 0.408. The largest absolute Gasteiger partial charge is 0.391 e. The third-order valence-corrected chi connectivity index (χ3v) is 1.22. The third kappa shape index (κ3) is 4.01. The topological polar surface area (TPSA) is 20.2 Å². The van der Waals surface area contributed by atoms with Gasteiger partial charge in [-0.1, -0.05) is 0 Å². The predicted molar refractivity (Wildman–Crippen MR) is 37.8 cm³/mol. The Morgan fingerprint density at radius 1 is 1.56 bits per heavy atom. The van der Waals surface area contributed by atoms with Crippen molar-refractivity contribution in [1.82, 2.24) is 0 Å². The molecule has 0 aliphatic heterocycles. The van der Waals surface area contributed by atoms with Crippen LogP contribution in [0.5, 0.6) is 0 Å². The van der Waals surface area contributed by atoms with E-state index in [1.807, 2.05) is 14.1 Å². The average Bonchev–Trinajstić information content (AvgIpc) is 1.64. The zero-order valence-electron chi connectivity index (χ0n) is 6.09. The lowest BCUT2D eigenvalue weighted by atomic mass is 10.4. The van der Waals surface area contributed by atoms with Gasteiger partial charge in [-0.2, -0.15) is 0 Å². The minimum absolute atomic E-state index is 0.203. The molecule has 0 aliphatic rings. The van der Waals surface area contributed by atoms with E-state index in [0.717, 1.165) is 6.54 Å². The second-order valence-electron chi connectivity index (χ2n) is 2.75. The van der Waals surface area contributed by atoms with E-state index in [2.05, 4.69) is 5.92 Å². The molecule has 2 heteroatoms. The second kappa shape index (κ2) is 3.49. The summed E-state index contributed by atoms with van der Waals surface area (Å²) in [5, 5.41) is 8.54. The molecule has 0 fully saturated rings. The molecule has 9 heavy (non-hydrogen) atoms. The summed E-state index contributed by atoms with van der Waals surface area (Å²) in [5.74, 6) is 2.55. The molecule has 0 rings (SSSR count). The van der Waals surface area contributed by atoms with Crippen LogP contribution < -0.4 is 0 Å². The van der Waals surface area contributed by atoms with Gasteiger partial charge in [0.2, 0.25) is 0 Å². The van der Waals surface area contributed by atoms with Crippen molar-refractivity contribution in [2.45, 2.75) is 0 Å². The lowest BCUT2D eigenvalue weighted by Crippen LogP contribution is -2.42. The fraction of sp³-hybridized carbons (Fsp3) is 0.714. The minimum atomic E-state index is 0.203. The molecule has 0 aliphatic carbocycles. The second-order valence-corrected chi connectivity index (χ2v) is 2.75. The summed E-state index contributed by atoms with van der Waals surface area (Å²) < 4.78 is 0.701. The monoisotopic (exact) mass is 128 g/mol. The van der Waals surface area contributed by atoms with E-state index in [9.17, 15) is 0 Å². The number of aliphatic hydroxyl groups excluding tert-OH is 1. The highest BCUT2D eigenvalue weighted by Gasteiger charge is 2.10. The fourth-order valence-corrected chi connectivity index (χ4v) is 0.597. The van der Waals surface area contributed by atoms with Gasteiger partial charge in [0.1, 0.15) is 13.1 Å². The van der Waals surface area contributed by atoms with Crippen molar-refractivity contribution in [1.29, 1.82) is 0 Å². The highest BCUT2D eigenvalue weighted by molar-refractivity contribution is 4.82. The van der Waals surface area contributed by atoms with E-state index in [1.54, 1.807) is 0 Å². The number of rotatable bonds is 3. The van der Waals surface area contributed by atoms with Crippen LogP contribution in [0.4, 0.5) is 0 Å². The molecular weight excluding hydrogens is 114 g/mol. The zero-order chi connectivity index (χ0) is 7.33. The molecule has 0 saturated carbocycles. The third-order valence-electron chi connectivity index (χ3n) is 1.22.